The summed E-state index contributed by atoms with van der Waals surface area (Å²) in [6.45, 7) is 1.95. The van der Waals surface area contributed by atoms with E-state index in [9.17, 15) is 4.79 Å². The van der Waals surface area contributed by atoms with Crippen LogP contribution in [0, 0.1) is 0 Å². The van der Waals surface area contributed by atoms with Crippen molar-refractivity contribution in [2.45, 2.75) is 6.10 Å². The van der Waals surface area contributed by atoms with Gasteiger partial charge in [-0.2, -0.15) is 5.10 Å². The molecule has 1 aliphatic heterocycles. The van der Waals surface area contributed by atoms with Crippen LogP contribution in [0.1, 0.15) is 22.2 Å². The number of carbonyl (C=O) groups is 1. The van der Waals surface area contributed by atoms with Crippen molar-refractivity contribution >= 4 is 22.4 Å². The number of rotatable bonds is 3. The van der Waals surface area contributed by atoms with Crippen LogP contribution < -0.4 is 4.90 Å². The Balaban J connectivity index is 1.75. The van der Waals surface area contributed by atoms with Gasteiger partial charge in [0.05, 0.1) is 19.3 Å². The van der Waals surface area contributed by atoms with E-state index in [1.165, 1.54) is 11.3 Å². The summed E-state index contributed by atoms with van der Waals surface area (Å²) in [7, 11) is 1.87. The fraction of sp³-hybridized carbons (Fsp3) is 0.417. The van der Waals surface area contributed by atoms with Gasteiger partial charge in [-0.15, -0.1) is 11.3 Å². The van der Waals surface area contributed by atoms with E-state index in [1.807, 2.05) is 13.2 Å². The zero-order chi connectivity index (χ0) is 14.1. The second-order valence-electron chi connectivity index (χ2n) is 4.57. The van der Waals surface area contributed by atoms with Gasteiger partial charge in [-0.1, -0.05) is 0 Å². The normalized spacial score (nSPS) is 19.2. The zero-order valence-corrected chi connectivity index (χ0v) is 11.7. The minimum Gasteiger partial charge on any atom is -0.476 e. The number of thiazole rings is 1. The first kappa shape index (κ1) is 13.1. The first-order valence-electron chi connectivity index (χ1n) is 6.17. The van der Waals surface area contributed by atoms with E-state index in [0.717, 1.165) is 10.7 Å². The summed E-state index contributed by atoms with van der Waals surface area (Å²) < 4.78 is 7.49. The molecule has 0 radical (unpaired) electrons. The zero-order valence-electron chi connectivity index (χ0n) is 10.9. The highest BCUT2D eigenvalue weighted by Crippen LogP contribution is 2.28. The molecule has 0 bridgehead atoms. The van der Waals surface area contributed by atoms with Gasteiger partial charge in [0.2, 0.25) is 0 Å². The molecule has 1 atom stereocenters. The predicted octanol–water partition coefficient (Wildman–Crippen LogP) is 1.15. The minimum absolute atomic E-state index is 0.0605. The highest BCUT2D eigenvalue weighted by molar-refractivity contribution is 7.13. The highest BCUT2D eigenvalue weighted by atomic mass is 32.1. The molecule has 0 aliphatic carbocycles. The molecule has 1 unspecified atom stereocenters. The predicted molar refractivity (Wildman–Crippen MR) is 73.2 cm³/mol. The van der Waals surface area contributed by atoms with E-state index in [0.29, 0.717) is 19.7 Å². The maximum absolute atomic E-state index is 10.9. The Hall–Kier alpha value is -1.93. The second kappa shape index (κ2) is 5.22. The molecule has 20 heavy (non-hydrogen) atoms. The topological polar surface area (TPSA) is 80.5 Å². The third-order valence-electron chi connectivity index (χ3n) is 3.14. The number of nitrogens with zero attached hydrogens (tertiary/aromatic N) is 4. The van der Waals surface area contributed by atoms with E-state index in [1.54, 1.807) is 16.3 Å². The Morgan fingerprint density at radius 1 is 1.60 bits per heavy atom. The molecule has 2 aromatic heterocycles. The molecule has 1 saturated heterocycles. The van der Waals surface area contributed by atoms with Gasteiger partial charge in [0.1, 0.15) is 6.10 Å². The number of aromatic carboxylic acids is 1. The molecule has 0 aromatic carbocycles. The van der Waals surface area contributed by atoms with Crippen LogP contribution in [0.5, 0.6) is 0 Å². The van der Waals surface area contributed by atoms with Gasteiger partial charge >= 0.3 is 5.97 Å². The van der Waals surface area contributed by atoms with Crippen LogP contribution in [0.15, 0.2) is 17.8 Å². The van der Waals surface area contributed by atoms with Crippen molar-refractivity contribution < 1.29 is 14.6 Å². The first-order valence-corrected chi connectivity index (χ1v) is 7.05. The summed E-state index contributed by atoms with van der Waals surface area (Å²) in [6.07, 6.45) is 3.66. The number of ether oxygens (including phenoxy) is 1. The third-order valence-corrected chi connectivity index (χ3v) is 4.05. The van der Waals surface area contributed by atoms with Crippen molar-refractivity contribution in [1.82, 2.24) is 14.8 Å². The molecule has 8 heteroatoms. The molecule has 106 valence electrons. The molecule has 0 spiro atoms. The average molecular weight is 294 g/mol. The van der Waals surface area contributed by atoms with Crippen molar-refractivity contribution in [2.24, 2.45) is 7.05 Å². The Morgan fingerprint density at radius 3 is 3.10 bits per heavy atom. The fourth-order valence-corrected chi connectivity index (χ4v) is 2.98. The summed E-state index contributed by atoms with van der Waals surface area (Å²) in [5, 5.41) is 15.3. The van der Waals surface area contributed by atoms with Crippen LogP contribution in [0.3, 0.4) is 0 Å². The molecule has 3 heterocycles. The van der Waals surface area contributed by atoms with E-state index < -0.39 is 5.97 Å². The van der Waals surface area contributed by atoms with Crippen molar-refractivity contribution in [3.8, 4) is 0 Å². The lowest BCUT2D eigenvalue weighted by Gasteiger charge is -2.32. The number of carboxylic acids is 1. The van der Waals surface area contributed by atoms with Crippen LogP contribution in [0.4, 0.5) is 5.13 Å². The number of aromatic nitrogens is 3. The minimum atomic E-state index is -0.996. The Morgan fingerprint density at radius 2 is 2.45 bits per heavy atom. The molecule has 3 rings (SSSR count). The van der Waals surface area contributed by atoms with Crippen LogP contribution >= 0.6 is 11.3 Å². The fourth-order valence-electron chi connectivity index (χ4n) is 2.14. The molecule has 2 aromatic rings. The van der Waals surface area contributed by atoms with Crippen molar-refractivity contribution in [2.75, 3.05) is 24.6 Å². The maximum Gasteiger partial charge on any atom is 0.355 e. The molecular formula is C12H14N4O3S. The Kier molecular flexibility index (Phi) is 3.41. The van der Waals surface area contributed by atoms with Gasteiger partial charge in [0, 0.05) is 30.7 Å². The average Bonchev–Trinajstić information content (AvgIpc) is 3.07. The number of carboxylic acid groups (broad SMARTS) is 1. The highest BCUT2D eigenvalue weighted by Gasteiger charge is 2.25. The standard InChI is InChI=1S/C12H14N4O3S/c1-15-5-8(4-13-15)10-6-16(2-3-19-10)12-14-9(7-20-12)11(17)18/h4-5,7,10H,2-3,6H2,1H3,(H,17,18). The van der Waals surface area contributed by atoms with Crippen LogP contribution in [0.25, 0.3) is 0 Å². The lowest BCUT2D eigenvalue weighted by molar-refractivity contribution is 0.0397. The molecule has 1 N–H and O–H groups in total. The molecular weight excluding hydrogens is 280 g/mol. The van der Waals surface area contributed by atoms with Gasteiger partial charge in [0.25, 0.3) is 0 Å². The monoisotopic (exact) mass is 294 g/mol. The lowest BCUT2D eigenvalue weighted by atomic mass is 10.2. The van der Waals surface area contributed by atoms with E-state index >= 15 is 0 Å². The molecule has 1 fully saturated rings. The van der Waals surface area contributed by atoms with E-state index in [4.69, 9.17) is 9.84 Å². The number of aryl methyl sites for hydroxylation is 1. The summed E-state index contributed by atoms with van der Waals surface area (Å²) in [4.78, 5) is 17.1. The van der Waals surface area contributed by atoms with Crippen LogP contribution in [0.2, 0.25) is 0 Å². The van der Waals surface area contributed by atoms with E-state index in [2.05, 4.69) is 15.0 Å². The summed E-state index contributed by atoms with van der Waals surface area (Å²) in [6, 6.07) is 0. The van der Waals surface area contributed by atoms with E-state index in [-0.39, 0.29) is 11.8 Å². The van der Waals surface area contributed by atoms with Crippen molar-refractivity contribution in [3.05, 3.63) is 29.0 Å². The third kappa shape index (κ3) is 2.52. The van der Waals surface area contributed by atoms with Gasteiger partial charge in [-0.3, -0.25) is 4.68 Å². The van der Waals surface area contributed by atoms with Crippen molar-refractivity contribution in [1.29, 1.82) is 0 Å². The molecule has 0 saturated carbocycles. The number of morpholine rings is 1. The quantitative estimate of drug-likeness (QED) is 0.914. The molecule has 0 amide bonds. The maximum atomic E-state index is 10.9. The SMILES string of the molecule is Cn1cc(C2CN(c3nc(C(=O)O)cs3)CCO2)cn1. The molecule has 7 nitrogen and oxygen atoms in total. The largest absolute Gasteiger partial charge is 0.476 e. The Bertz CT molecular complexity index is 624. The molecule has 1 aliphatic rings. The van der Waals surface area contributed by atoms with Gasteiger partial charge < -0.3 is 14.7 Å². The number of hydrogen-bond donors (Lipinski definition) is 1. The summed E-state index contributed by atoms with van der Waals surface area (Å²) >= 11 is 1.34. The van der Waals surface area contributed by atoms with Gasteiger partial charge in [0.15, 0.2) is 10.8 Å². The first-order chi connectivity index (χ1) is 9.63. The summed E-state index contributed by atoms with van der Waals surface area (Å²) in [5.41, 5.74) is 1.11. The van der Waals surface area contributed by atoms with Gasteiger partial charge in [-0.05, 0) is 0 Å². The van der Waals surface area contributed by atoms with Crippen LogP contribution in [-0.4, -0.2) is 45.5 Å². The van der Waals surface area contributed by atoms with Crippen molar-refractivity contribution in [3.63, 3.8) is 0 Å². The summed E-state index contributed by atoms with van der Waals surface area (Å²) in [5.74, 6) is -0.996. The number of anilines is 1. The smallest absolute Gasteiger partial charge is 0.355 e. The lowest BCUT2D eigenvalue weighted by Crippen LogP contribution is -2.38. The number of hydrogen-bond acceptors (Lipinski definition) is 6. The second-order valence-corrected chi connectivity index (χ2v) is 5.41. The Labute approximate surface area is 119 Å². The van der Waals surface area contributed by atoms with Crippen LogP contribution in [-0.2, 0) is 11.8 Å². The van der Waals surface area contributed by atoms with Gasteiger partial charge in [-0.25, -0.2) is 9.78 Å².